The summed E-state index contributed by atoms with van der Waals surface area (Å²) in [4.78, 5) is 0. The summed E-state index contributed by atoms with van der Waals surface area (Å²) in [5.74, 6) is 0. The zero-order valence-electron chi connectivity index (χ0n) is 7.95. The summed E-state index contributed by atoms with van der Waals surface area (Å²) < 4.78 is 63.2. The molecular weight excluding hydrogens is 291 g/mol. The van der Waals surface area contributed by atoms with Gasteiger partial charge >= 0.3 is 58.5 Å². The molecule has 0 unspecified atom stereocenters. The third kappa shape index (κ3) is 989. The van der Waals surface area contributed by atoms with Gasteiger partial charge in [0.15, 0.2) is 17.4 Å². The van der Waals surface area contributed by atoms with E-state index in [1.807, 2.05) is 0 Å². The van der Waals surface area contributed by atoms with Gasteiger partial charge in [0.1, 0.15) is 0 Å². The van der Waals surface area contributed by atoms with Gasteiger partial charge in [-0.05, 0) is 0 Å². The van der Waals surface area contributed by atoms with Crippen LogP contribution in [0.4, 0.5) is 0 Å². The molecule has 10 nitrogen and oxygen atoms in total. The Balaban J connectivity index is -0.00000000970. The molecule has 0 aromatic rings. The number of hydrogen-bond acceptors (Lipinski definition) is 4. The van der Waals surface area contributed by atoms with E-state index in [9.17, 15) is 0 Å². The molecule has 14 heavy (non-hydrogen) atoms. The first kappa shape index (κ1) is 36.1. The van der Waals surface area contributed by atoms with Crippen molar-refractivity contribution in [2.75, 3.05) is 0 Å². The normalized spacial score (nSPS) is 8.29. The predicted molar refractivity (Wildman–Crippen MR) is 53.5 cm³/mol. The van der Waals surface area contributed by atoms with E-state index in [1.54, 1.807) is 0 Å². The second-order valence-corrected chi connectivity index (χ2v) is 2.69. The van der Waals surface area contributed by atoms with Crippen LogP contribution < -0.4 is 0 Å². The average Bonchev–Trinajstić information content (AvgIpc) is 1.12. The molecule has 0 aromatic carbocycles. The molecule has 0 amide bonds. The van der Waals surface area contributed by atoms with E-state index in [2.05, 4.69) is 0 Å². The van der Waals surface area contributed by atoms with Gasteiger partial charge in [-0.1, -0.05) is 0 Å². The minimum atomic E-state index is -4.67. The van der Waals surface area contributed by atoms with Crippen LogP contribution in [0, 0.1) is 0 Å². The van der Waals surface area contributed by atoms with Crippen molar-refractivity contribution in [3.8, 4) is 0 Å². The third-order valence-corrected chi connectivity index (χ3v) is 0. The van der Waals surface area contributed by atoms with E-state index in [-0.39, 0.29) is 68.9 Å². The molecule has 0 atom stereocenters. The molecule has 0 rings (SSSR count). The fourth-order valence-electron chi connectivity index (χ4n) is 0. The van der Waals surface area contributed by atoms with E-state index >= 15 is 0 Å². The molecule has 0 radical (unpaired) electrons. The van der Waals surface area contributed by atoms with Gasteiger partial charge in [-0.3, -0.25) is 18.2 Å². The van der Waals surface area contributed by atoms with E-state index in [0.29, 0.717) is 0 Å². The zero-order valence-corrected chi connectivity index (χ0v) is 9.79. The first-order valence-corrected chi connectivity index (χ1v) is 4.19. The van der Waals surface area contributed by atoms with Gasteiger partial charge in [0.25, 0.3) is 0 Å². The topological polar surface area (TPSA) is 212 Å². The summed E-state index contributed by atoms with van der Waals surface area (Å²) in [6.07, 6.45) is 0. The SMILES string of the molecule is O.O.O=S(=O)(O)O.O=S(=O)(O)O.[AlH3].[Ca+2].[H-].[H-]. The minimum absolute atomic E-state index is 0. The molecule has 0 aliphatic carbocycles. The molecule has 0 spiro atoms. The van der Waals surface area contributed by atoms with Crippen LogP contribution >= 0.6 is 0 Å². The summed E-state index contributed by atoms with van der Waals surface area (Å²) in [5, 5.41) is 0. The monoisotopic (exact) mass is 304 g/mol. The zero-order chi connectivity index (χ0) is 9.00. The van der Waals surface area contributed by atoms with Crippen molar-refractivity contribution >= 4 is 75.9 Å². The molecule has 0 saturated carbocycles. The van der Waals surface area contributed by atoms with Gasteiger partial charge in [-0.25, -0.2) is 0 Å². The summed E-state index contributed by atoms with van der Waals surface area (Å²) >= 11 is 0. The fraction of sp³-hybridized carbons (Fsp3) is 0. The molecule has 0 saturated heterocycles. The van der Waals surface area contributed by atoms with Gasteiger partial charge < -0.3 is 13.8 Å². The van der Waals surface area contributed by atoms with Gasteiger partial charge in [0.05, 0.1) is 0 Å². The van der Waals surface area contributed by atoms with Crippen LogP contribution in [0.25, 0.3) is 0 Å². The van der Waals surface area contributed by atoms with Crippen LogP contribution in [-0.4, -0.2) is 101 Å². The first-order valence-electron chi connectivity index (χ1n) is 1.40. The van der Waals surface area contributed by atoms with E-state index in [4.69, 9.17) is 35.0 Å². The molecule has 0 aliphatic heterocycles. The smallest absolute Gasteiger partial charge is 1.00 e. The first-order chi connectivity index (χ1) is 4.00. The molecule has 0 bridgehead atoms. The van der Waals surface area contributed by atoms with Gasteiger partial charge in [-0.15, -0.1) is 0 Å². The van der Waals surface area contributed by atoms with Crippen LogP contribution in [0.2, 0.25) is 0 Å². The van der Waals surface area contributed by atoms with Crippen LogP contribution in [0.1, 0.15) is 2.85 Å². The summed E-state index contributed by atoms with van der Waals surface area (Å²) in [6.45, 7) is 0. The Morgan fingerprint density at radius 2 is 0.714 bits per heavy atom. The molecule has 90 valence electrons. The van der Waals surface area contributed by atoms with Crippen LogP contribution in [0.5, 0.6) is 0 Å². The van der Waals surface area contributed by atoms with Crippen molar-refractivity contribution in [3.63, 3.8) is 0 Å². The minimum Gasteiger partial charge on any atom is -1.00 e. The van der Waals surface area contributed by atoms with E-state index < -0.39 is 20.8 Å². The quantitative estimate of drug-likeness (QED) is 0.253. The van der Waals surface area contributed by atoms with Crippen LogP contribution in [0.15, 0.2) is 0 Å². The fourth-order valence-corrected chi connectivity index (χ4v) is 0. The molecule has 0 heterocycles. The third-order valence-electron chi connectivity index (χ3n) is 0. The van der Waals surface area contributed by atoms with Crippen LogP contribution in [0.3, 0.4) is 0 Å². The van der Waals surface area contributed by atoms with Crippen LogP contribution in [-0.2, 0) is 20.8 Å². The molecule has 0 aliphatic rings. The molecule has 0 aromatic heterocycles. The number of rotatable bonds is 0. The Morgan fingerprint density at radius 1 is 0.714 bits per heavy atom. The average molecular weight is 304 g/mol. The summed E-state index contributed by atoms with van der Waals surface area (Å²) in [7, 11) is -9.33. The predicted octanol–water partition coefficient (Wildman–Crippen LogP) is -4.29. The van der Waals surface area contributed by atoms with Crippen molar-refractivity contribution in [2.45, 2.75) is 0 Å². The summed E-state index contributed by atoms with van der Waals surface area (Å²) in [5.41, 5.74) is 0. The van der Waals surface area contributed by atoms with Gasteiger partial charge in [0, 0.05) is 0 Å². The Bertz CT molecular complexity index is 223. The Hall–Kier alpha value is 1.45. The van der Waals surface area contributed by atoms with Gasteiger partial charge in [-0.2, -0.15) is 16.8 Å². The van der Waals surface area contributed by atoms with Crippen molar-refractivity contribution in [2.24, 2.45) is 0 Å². The largest absolute Gasteiger partial charge is 2.00 e. The molecular formula is H13AlCaO10S2. The van der Waals surface area contributed by atoms with E-state index in [1.165, 1.54) is 0 Å². The Labute approximate surface area is 124 Å². The van der Waals surface area contributed by atoms with Crippen molar-refractivity contribution in [3.05, 3.63) is 0 Å². The second-order valence-electron chi connectivity index (χ2n) is 0.896. The van der Waals surface area contributed by atoms with Crippen molar-refractivity contribution < 1.29 is 48.9 Å². The maximum Gasteiger partial charge on any atom is 2.00 e. The van der Waals surface area contributed by atoms with Crippen molar-refractivity contribution in [1.29, 1.82) is 0 Å². The molecule has 8 N–H and O–H groups in total. The molecule has 0 fully saturated rings. The summed E-state index contributed by atoms with van der Waals surface area (Å²) in [6, 6.07) is 0. The second kappa shape index (κ2) is 14.5. The van der Waals surface area contributed by atoms with Gasteiger partial charge in [0.2, 0.25) is 0 Å². The maximum absolute atomic E-state index is 8.74. The van der Waals surface area contributed by atoms with E-state index in [0.717, 1.165) is 0 Å². The standard InChI is InChI=1S/Al.Ca.2H2O4S.2H2O.5H/c;;2*1-5(2,3)4;;;;;;;/h;;2*(H2,1,2,3,4);2*1H2;;;;;/q;+2;;;;;;;;2*-1. The van der Waals surface area contributed by atoms with Crippen molar-refractivity contribution in [1.82, 2.24) is 0 Å². The Morgan fingerprint density at radius 3 is 0.714 bits per heavy atom. The maximum atomic E-state index is 8.74. The number of hydrogen-bond donors (Lipinski definition) is 4. The molecule has 14 heteroatoms. The Kier molecular flexibility index (Phi) is 37.3.